The van der Waals surface area contributed by atoms with Crippen molar-refractivity contribution in [3.8, 4) is 0 Å². The Hall–Kier alpha value is -2.05. The van der Waals surface area contributed by atoms with Gasteiger partial charge in [-0.25, -0.2) is 14.8 Å². The molecule has 1 unspecified atom stereocenters. The smallest absolute Gasteiger partial charge is 0.407 e. The van der Waals surface area contributed by atoms with Crippen LogP contribution in [-0.2, 0) is 4.74 Å². The predicted octanol–water partition coefficient (Wildman–Crippen LogP) is 0.871. The van der Waals surface area contributed by atoms with Crippen LogP contribution in [0.25, 0.3) is 0 Å². The largest absolute Gasteiger partial charge is 0.453 e. The van der Waals surface area contributed by atoms with Gasteiger partial charge in [0.05, 0.1) is 13.2 Å². The molecule has 0 spiro atoms. The van der Waals surface area contributed by atoms with E-state index in [-0.39, 0.29) is 6.04 Å². The molecule has 1 saturated heterocycles. The van der Waals surface area contributed by atoms with E-state index >= 15 is 0 Å². The molecule has 1 saturated carbocycles. The summed E-state index contributed by atoms with van der Waals surface area (Å²) in [5.41, 5.74) is 5.86. The molecule has 20 heavy (non-hydrogen) atoms. The lowest BCUT2D eigenvalue weighted by atomic mass is 10.3. The van der Waals surface area contributed by atoms with Gasteiger partial charge in [0, 0.05) is 25.1 Å². The molecule has 108 valence electrons. The molecule has 7 nitrogen and oxygen atoms in total. The summed E-state index contributed by atoms with van der Waals surface area (Å²) >= 11 is 0. The highest BCUT2D eigenvalue weighted by Gasteiger charge is 2.29. The van der Waals surface area contributed by atoms with E-state index < -0.39 is 6.09 Å². The zero-order valence-electron chi connectivity index (χ0n) is 11.5. The number of nitrogens with one attached hydrogen (secondary N) is 1. The number of carbonyl (C=O) groups is 1. The van der Waals surface area contributed by atoms with Gasteiger partial charge in [-0.05, 0) is 19.3 Å². The van der Waals surface area contributed by atoms with Crippen molar-refractivity contribution >= 4 is 17.7 Å². The molecular weight excluding hydrogens is 258 g/mol. The molecule has 3 N–H and O–H groups in total. The van der Waals surface area contributed by atoms with Crippen LogP contribution in [0, 0.1) is 0 Å². The van der Waals surface area contributed by atoms with Crippen molar-refractivity contribution < 1.29 is 9.53 Å². The van der Waals surface area contributed by atoms with E-state index in [1.807, 2.05) is 0 Å². The first kappa shape index (κ1) is 13.0. The van der Waals surface area contributed by atoms with Crippen LogP contribution in [0.1, 0.15) is 31.0 Å². The second-order valence-electron chi connectivity index (χ2n) is 5.35. The summed E-state index contributed by atoms with van der Waals surface area (Å²) in [4.78, 5) is 22.2. The van der Waals surface area contributed by atoms with E-state index in [0.29, 0.717) is 11.7 Å². The maximum atomic E-state index is 11.2. The lowest BCUT2D eigenvalue weighted by molar-refractivity contribution is 0.167. The van der Waals surface area contributed by atoms with Crippen LogP contribution in [0.3, 0.4) is 0 Å². The van der Waals surface area contributed by atoms with Gasteiger partial charge in [-0.15, -0.1) is 0 Å². The third kappa shape index (κ3) is 2.76. The molecular formula is C13H19N5O2. The molecule has 1 aliphatic heterocycles. The highest BCUT2D eigenvalue weighted by Crippen LogP contribution is 2.39. The molecule has 2 fully saturated rings. The minimum absolute atomic E-state index is 0.0861. The number of rotatable bonds is 3. The second kappa shape index (κ2) is 5.15. The highest BCUT2D eigenvalue weighted by atomic mass is 16.5. The molecule has 1 aromatic heterocycles. The molecule has 1 amide bonds. The number of hydrogen-bond acceptors (Lipinski definition) is 6. The van der Waals surface area contributed by atoms with E-state index in [4.69, 9.17) is 5.73 Å². The number of carbonyl (C=O) groups excluding carboxylic acids is 1. The summed E-state index contributed by atoms with van der Waals surface area (Å²) < 4.78 is 4.62. The first-order chi connectivity index (χ1) is 9.65. The summed E-state index contributed by atoms with van der Waals surface area (Å²) in [5.74, 6) is 2.70. The standard InChI is InChI=1S/C13H19N5O2/c1-20-13(19)15-9-4-5-18(7-9)11-6-10(14)16-12(17-11)8-2-3-8/h6,8-9H,2-5,7H2,1H3,(H,15,19)(H2,14,16,17). The lowest BCUT2D eigenvalue weighted by Gasteiger charge is -2.18. The molecule has 3 rings (SSSR count). The molecule has 2 heterocycles. The quantitative estimate of drug-likeness (QED) is 0.851. The van der Waals surface area contributed by atoms with Crippen molar-refractivity contribution in [2.24, 2.45) is 0 Å². The molecule has 0 radical (unpaired) electrons. The Labute approximate surface area is 117 Å². The average molecular weight is 277 g/mol. The fraction of sp³-hybridized carbons (Fsp3) is 0.615. The number of methoxy groups -OCH3 is 1. The normalized spacial score (nSPS) is 21.9. The van der Waals surface area contributed by atoms with Crippen molar-refractivity contribution in [3.05, 3.63) is 11.9 Å². The number of nitrogens with zero attached hydrogens (tertiary/aromatic N) is 3. The van der Waals surface area contributed by atoms with E-state index in [9.17, 15) is 4.79 Å². The molecule has 0 bridgehead atoms. The third-order valence-electron chi connectivity index (χ3n) is 3.71. The van der Waals surface area contributed by atoms with Gasteiger partial charge in [0.25, 0.3) is 0 Å². The van der Waals surface area contributed by atoms with E-state index in [0.717, 1.165) is 44.0 Å². The van der Waals surface area contributed by atoms with Crippen LogP contribution in [0.4, 0.5) is 16.4 Å². The number of hydrogen-bond donors (Lipinski definition) is 2. The van der Waals surface area contributed by atoms with Gasteiger partial charge in [0.15, 0.2) is 0 Å². The van der Waals surface area contributed by atoms with Gasteiger partial charge in [-0.2, -0.15) is 0 Å². The minimum Gasteiger partial charge on any atom is -0.453 e. The van der Waals surface area contributed by atoms with Crippen LogP contribution in [0.15, 0.2) is 6.07 Å². The summed E-state index contributed by atoms with van der Waals surface area (Å²) in [6, 6.07) is 1.88. The van der Waals surface area contributed by atoms with Gasteiger partial charge in [0.1, 0.15) is 17.5 Å². The van der Waals surface area contributed by atoms with Crippen molar-refractivity contribution in [2.45, 2.75) is 31.2 Å². The van der Waals surface area contributed by atoms with Gasteiger partial charge in [0.2, 0.25) is 0 Å². The summed E-state index contributed by atoms with van der Waals surface area (Å²) in [7, 11) is 1.37. The maximum absolute atomic E-state index is 11.2. The molecule has 7 heteroatoms. The Bertz CT molecular complexity index is 517. The number of amides is 1. The van der Waals surface area contributed by atoms with Crippen LogP contribution < -0.4 is 16.0 Å². The fourth-order valence-corrected chi connectivity index (χ4v) is 2.47. The number of ether oxygens (including phenoxy) is 1. The number of nitrogen functional groups attached to an aromatic ring is 1. The van der Waals surface area contributed by atoms with Crippen molar-refractivity contribution in [3.63, 3.8) is 0 Å². The molecule has 0 aromatic carbocycles. The van der Waals surface area contributed by atoms with Gasteiger partial charge in [-0.3, -0.25) is 0 Å². The Morgan fingerprint density at radius 2 is 2.25 bits per heavy atom. The maximum Gasteiger partial charge on any atom is 0.407 e. The predicted molar refractivity (Wildman–Crippen MR) is 74.6 cm³/mol. The highest BCUT2D eigenvalue weighted by molar-refractivity contribution is 5.67. The van der Waals surface area contributed by atoms with Gasteiger partial charge >= 0.3 is 6.09 Å². The van der Waals surface area contributed by atoms with Crippen LogP contribution >= 0.6 is 0 Å². The first-order valence-electron chi connectivity index (χ1n) is 6.89. The van der Waals surface area contributed by atoms with Crippen molar-refractivity contribution in [2.75, 3.05) is 30.8 Å². The number of anilines is 2. The average Bonchev–Trinajstić information content (AvgIpc) is 3.18. The van der Waals surface area contributed by atoms with Crippen LogP contribution in [0.2, 0.25) is 0 Å². The van der Waals surface area contributed by atoms with E-state index in [1.54, 1.807) is 6.07 Å². The minimum atomic E-state index is -0.391. The molecule has 1 aromatic rings. The van der Waals surface area contributed by atoms with E-state index in [1.165, 1.54) is 7.11 Å². The van der Waals surface area contributed by atoms with E-state index in [2.05, 4.69) is 24.9 Å². The summed E-state index contributed by atoms with van der Waals surface area (Å²) in [6.07, 6.45) is 2.78. The van der Waals surface area contributed by atoms with Gasteiger partial charge < -0.3 is 20.7 Å². The number of nitrogens with two attached hydrogens (primary N) is 1. The van der Waals surface area contributed by atoms with Crippen molar-refractivity contribution in [1.29, 1.82) is 0 Å². The zero-order chi connectivity index (χ0) is 14.1. The number of aromatic nitrogens is 2. The lowest BCUT2D eigenvalue weighted by Crippen LogP contribution is -2.37. The topological polar surface area (TPSA) is 93.4 Å². The second-order valence-corrected chi connectivity index (χ2v) is 5.35. The summed E-state index contributed by atoms with van der Waals surface area (Å²) in [6.45, 7) is 1.56. The monoisotopic (exact) mass is 277 g/mol. The Morgan fingerprint density at radius 3 is 2.95 bits per heavy atom. The Balaban J connectivity index is 1.69. The molecule has 1 aliphatic carbocycles. The fourth-order valence-electron chi connectivity index (χ4n) is 2.47. The first-order valence-corrected chi connectivity index (χ1v) is 6.89. The van der Waals surface area contributed by atoms with Crippen LogP contribution in [-0.4, -0.2) is 42.3 Å². The Morgan fingerprint density at radius 1 is 1.45 bits per heavy atom. The van der Waals surface area contributed by atoms with Crippen LogP contribution in [0.5, 0.6) is 0 Å². The third-order valence-corrected chi connectivity index (χ3v) is 3.71. The molecule has 1 atom stereocenters. The summed E-state index contributed by atoms with van der Waals surface area (Å²) in [5, 5.41) is 2.82. The number of alkyl carbamates (subject to hydrolysis) is 1. The SMILES string of the molecule is COC(=O)NC1CCN(c2cc(N)nc(C3CC3)n2)C1. The zero-order valence-corrected chi connectivity index (χ0v) is 11.5. The van der Waals surface area contributed by atoms with Crippen molar-refractivity contribution in [1.82, 2.24) is 15.3 Å². The molecule has 2 aliphatic rings. The Kier molecular flexibility index (Phi) is 3.33. The van der Waals surface area contributed by atoms with Gasteiger partial charge in [-0.1, -0.05) is 0 Å².